The van der Waals surface area contributed by atoms with E-state index in [1.165, 1.54) is 0 Å². The number of ether oxygens (including phenoxy) is 3. The molecule has 2 aliphatic rings. The first-order valence-corrected chi connectivity index (χ1v) is 10.3. The molecule has 15 nitrogen and oxygen atoms in total. The van der Waals surface area contributed by atoms with Gasteiger partial charge >= 0.3 is 7.82 Å². The molecule has 0 aliphatic carbocycles. The lowest BCUT2D eigenvalue weighted by molar-refractivity contribution is -0.343. The Morgan fingerprint density at radius 2 is 1.57 bits per heavy atom. The lowest BCUT2D eigenvalue weighted by Gasteiger charge is -2.47. The van der Waals surface area contributed by atoms with Crippen LogP contribution in [0.15, 0.2) is 0 Å². The molecule has 0 aromatic carbocycles. The topological polar surface area (TPSA) is 245 Å². The molecular formula is C14H26NO14P. The number of amides is 1. The van der Waals surface area contributed by atoms with Gasteiger partial charge in [-0.3, -0.25) is 9.32 Å². The zero-order valence-electron chi connectivity index (χ0n) is 15.7. The van der Waals surface area contributed by atoms with Crippen molar-refractivity contribution in [1.29, 1.82) is 0 Å². The second kappa shape index (κ2) is 10.2. The summed E-state index contributed by atoms with van der Waals surface area (Å²) in [6.45, 7) is -0.511. The van der Waals surface area contributed by atoms with Crippen molar-refractivity contribution in [1.82, 2.24) is 5.32 Å². The molecule has 10 atom stereocenters. The van der Waals surface area contributed by atoms with Crippen molar-refractivity contribution in [2.24, 2.45) is 0 Å². The molecule has 16 heteroatoms. The molecule has 2 rings (SSSR count). The van der Waals surface area contributed by atoms with E-state index in [0.29, 0.717) is 0 Å². The summed E-state index contributed by atoms with van der Waals surface area (Å²) in [6.07, 6.45) is -15.5. The van der Waals surface area contributed by atoms with Gasteiger partial charge in [0.05, 0.1) is 13.2 Å². The van der Waals surface area contributed by atoms with Crippen molar-refractivity contribution in [2.45, 2.75) is 68.3 Å². The Labute approximate surface area is 170 Å². The zero-order chi connectivity index (χ0) is 22.8. The van der Waals surface area contributed by atoms with Crippen LogP contribution in [-0.2, 0) is 28.1 Å². The molecule has 0 saturated carbocycles. The Balaban J connectivity index is 2.30. The van der Waals surface area contributed by atoms with Gasteiger partial charge in [0.1, 0.15) is 48.8 Å². The minimum absolute atomic E-state index is 0.640. The van der Waals surface area contributed by atoms with E-state index >= 15 is 0 Å². The molecule has 2 heterocycles. The van der Waals surface area contributed by atoms with Gasteiger partial charge in [-0.15, -0.1) is 0 Å². The average molecular weight is 463 g/mol. The molecule has 2 aliphatic heterocycles. The van der Waals surface area contributed by atoms with Crippen molar-refractivity contribution in [3.05, 3.63) is 0 Å². The van der Waals surface area contributed by atoms with Crippen LogP contribution < -0.4 is 5.32 Å². The molecule has 0 aromatic rings. The Bertz CT molecular complexity index is 632. The average Bonchev–Trinajstić information content (AvgIpc) is 2.65. The third-order valence-corrected chi connectivity index (χ3v) is 5.14. The minimum Gasteiger partial charge on any atom is -0.394 e. The number of carbonyl (C=O) groups is 1. The molecule has 0 unspecified atom stereocenters. The maximum absolute atomic E-state index is 11.3. The number of hydrogen-bond donors (Lipinski definition) is 9. The number of hydrogen-bond acceptors (Lipinski definition) is 12. The highest BCUT2D eigenvalue weighted by molar-refractivity contribution is 7.46. The van der Waals surface area contributed by atoms with Gasteiger partial charge in [0.15, 0.2) is 12.6 Å². The lowest BCUT2D eigenvalue weighted by Crippen LogP contribution is -2.67. The van der Waals surface area contributed by atoms with Gasteiger partial charge in [-0.05, 0) is 0 Å². The van der Waals surface area contributed by atoms with Gasteiger partial charge in [-0.25, -0.2) is 4.57 Å². The third kappa shape index (κ3) is 5.92. The van der Waals surface area contributed by atoms with Gasteiger partial charge in [-0.1, -0.05) is 0 Å². The minimum atomic E-state index is -5.23. The summed E-state index contributed by atoms with van der Waals surface area (Å²) in [4.78, 5) is 29.5. The molecule has 1 amide bonds. The van der Waals surface area contributed by atoms with E-state index in [0.717, 1.165) is 6.92 Å². The fourth-order valence-corrected chi connectivity index (χ4v) is 3.77. The van der Waals surface area contributed by atoms with Crippen LogP contribution in [0.25, 0.3) is 0 Å². The summed E-state index contributed by atoms with van der Waals surface area (Å²) in [5.41, 5.74) is 0. The number of carbonyl (C=O) groups excluding carboxylic acids is 1. The monoisotopic (exact) mass is 463 g/mol. The third-order valence-electron chi connectivity index (χ3n) is 4.62. The Morgan fingerprint density at radius 3 is 2.07 bits per heavy atom. The van der Waals surface area contributed by atoms with E-state index in [-0.39, 0.29) is 0 Å². The van der Waals surface area contributed by atoms with Crippen LogP contribution in [0.4, 0.5) is 0 Å². The van der Waals surface area contributed by atoms with Crippen LogP contribution in [0.3, 0.4) is 0 Å². The molecular weight excluding hydrogens is 437 g/mol. The fraction of sp³-hybridized carbons (Fsp3) is 0.929. The maximum Gasteiger partial charge on any atom is 0.470 e. The van der Waals surface area contributed by atoms with Gasteiger partial charge in [0.2, 0.25) is 5.91 Å². The van der Waals surface area contributed by atoms with Crippen LogP contribution in [-0.4, -0.2) is 121 Å². The second-order valence-electron chi connectivity index (χ2n) is 6.83. The van der Waals surface area contributed by atoms with E-state index in [2.05, 4.69) is 9.84 Å². The van der Waals surface area contributed by atoms with Gasteiger partial charge in [0.25, 0.3) is 0 Å². The van der Waals surface area contributed by atoms with Crippen molar-refractivity contribution >= 4 is 13.7 Å². The number of aliphatic hydroxyl groups is 6. The summed E-state index contributed by atoms with van der Waals surface area (Å²) in [6, 6.07) is -1.41. The highest BCUT2D eigenvalue weighted by Crippen LogP contribution is 2.42. The van der Waals surface area contributed by atoms with Crippen molar-refractivity contribution in [3.8, 4) is 0 Å². The molecule has 0 spiro atoms. The number of rotatable bonds is 7. The molecule has 9 N–H and O–H groups in total. The van der Waals surface area contributed by atoms with Crippen molar-refractivity contribution in [2.75, 3.05) is 13.2 Å². The molecule has 0 radical (unpaired) electrons. The molecule has 0 aromatic heterocycles. The Morgan fingerprint density at radius 1 is 0.967 bits per heavy atom. The maximum atomic E-state index is 11.3. The van der Waals surface area contributed by atoms with E-state index in [1.807, 2.05) is 0 Å². The van der Waals surface area contributed by atoms with Gasteiger partial charge in [-0.2, -0.15) is 0 Å². The van der Waals surface area contributed by atoms with E-state index in [9.17, 15) is 40.0 Å². The number of aliphatic hydroxyl groups excluding tert-OH is 6. The van der Waals surface area contributed by atoms with Crippen molar-refractivity contribution in [3.63, 3.8) is 0 Å². The van der Waals surface area contributed by atoms with E-state index in [4.69, 9.17) is 24.0 Å². The highest BCUT2D eigenvalue weighted by Gasteiger charge is 2.52. The molecule has 176 valence electrons. The SMILES string of the molecule is CC(=O)N[C@@H]1[C@@H](O)[C@H](O[C@@H]2O[C@H](CO)[C@H](O)[C@H](O)[C@H]2OP(=O)(O)O)[C@@H](CO)O[C@H]1O. The fourth-order valence-electron chi connectivity index (χ4n) is 3.23. The second-order valence-corrected chi connectivity index (χ2v) is 8.02. The highest BCUT2D eigenvalue weighted by atomic mass is 31.2. The lowest BCUT2D eigenvalue weighted by atomic mass is 9.95. The predicted octanol–water partition coefficient (Wildman–Crippen LogP) is -5.14. The van der Waals surface area contributed by atoms with Crippen LogP contribution in [0.2, 0.25) is 0 Å². The Hall–Kier alpha value is -0.780. The number of nitrogens with one attached hydrogen (secondary N) is 1. The van der Waals surface area contributed by atoms with Gasteiger partial charge in [0, 0.05) is 6.92 Å². The number of phosphoric ester groups is 1. The first-order chi connectivity index (χ1) is 13.9. The quantitative estimate of drug-likeness (QED) is 0.160. The van der Waals surface area contributed by atoms with Crippen LogP contribution in [0, 0.1) is 0 Å². The summed E-state index contributed by atoms with van der Waals surface area (Å²) in [7, 11) is -5.23. The first kappa shape index (κ1) is 25.5. The molecule has 30 heavy (non-hydrogen) atoms. The van der Waals surface area contributed by atoms with Crippen LogP contribution >= 0.6 is 7.82 Å². The van der Waals surface area contributed by atoms with Crippen molar-refractivity contribution < 1.29 is 68.5 Å². The normalized spacial score (nSPS) is 42.7. The smallest absolute Gasteiger partial charge is 0.394 e. The van der Waals surface area contributed by atoms with E-state index in [1.54, 1.807) is 0 Å². The van der Waals surface area contributed by atoms with E-state index < -0.39 is 88.3 Å². The first-order valence-electron chi connectivity index (χ1n) is 8.81. The Kier molecular flexibility index (Phi) is 8.68. The molecule has 2 saturated heterocycles. The predicted molar refractivity (Wildman–Crippen MR) is 91.1 cm³/mol. The molecule has 2 fully saturated rings. The summed E-state index contributed by atoms with van der Waals surface area (Å²) >= 11 is 0. The summed E-state index contributed by atoms with van der Waals surface area (Å²) in [5, 5.41) is 61.6. The van der Waals surface area contributed by atoms with Crippen LogP contribution in [0.1, 0.15) is 6.92 Å². The largest absolute Gasteiger partial charge is 0.470 e. The summed E-state index contributed by atoms with van der Waals surface area (Å²) in [5.74, 6) is -0.640. The molecule has 0 bridgehead atoms. The standard InChI is InChI=1S/C14H26NO14P/c1-4(18)15-7-9(20)11(6(3-17)26-13(7)22)28-14-12(29-30(23,24)25)10(21)8(19)5(2-16)27-14/h5-14,16-17,19-22H,2-3H2,1H3,(H,15,18)(H2,23,24,25)/t5-,6-,7-,8+,9-,10+,11-,12-,13-,14+/m1/s1. The van der Waals surface area contributed by atoms with Gasteiger partial charge < -0.3 is 60.0 Å². The zero-order valence-corrected chi connectivity index (χ0v) is 16.6. The number of phosphoric acid groups is 1. The summed E-state index contributed by atoms with van der Waals surface area (Å²) < 4.78 is 31.5. The van der Waals surface area contributed by atoms with Crippen LogP contribution in [0.5, 0.6) is 0 Å².